The molecule has 2 atom stereocenters. The molecule has 0 radical (unpaired) electrons. The monoisotopic (exact) mass is 360 g/mol. The summed E-state index contributed by atoms with van der Waals surface area (Å²) >= 11 is 1.24. The third-order valence-electron chi connectivity index (χ3n) is 3.95. The Kier molecular flexibility index (Phi) is 4.91. The Morgan fingerprint density at radius 2 is 1.80 bits per heavy atom. The van der Waals surface area contributed by atoms with Crippen molar-refractivity contribution in [1.82, 2.24) is 4.90 Å². The van der Waals surface area contributed by atoms with Gasteiger partial charge in [0.2, 0.25) is 0 Å². The molecule has 0 saturated heterocycles. The van der Waals surface area contributed by atoms with Crippen molar-refractivity contribution < 1.29 is 23.9 Å². The van der Waals surface area contributed by atoms with Crippen LogP contribution in [-0.2, 0) is 4.79 Å². The van der Waals surface area contributed by atoms with Crippen molar-refractivity contribution in [2.75, 3.05) is 12.3 Å². The lowest BCUT2D eigenvalue weighted by Gasteiger charge is -2.23. The van der Waals surface area contributed by atoms with Crippen molar-refractivity contribution >= 4 is 29.5 Å². The number of hydrogen-bond donors (Lipinski definition) is 2. The number of benzene rings is 1. The van der Waals surface area contributed by atoms with E-state index in [0.717, 1.165) is 4.90 Å². The predicted molar refractivity (Wildman–Crippen MR) is 91.3 cm³/mol. The maximum absolute atomic E-state index is 12.5. The molecule has 2 aromatic rings. The van der Waals surface area contributed by atoms with Gasteiger partial charge in [-0.3, -0.25) is 14.5 Å². The number of aliphatic carboxylic acids is 1. The molecular weight excluding hydrogens is 344 g/mol. The Bertz CT molecular complexity index is 770. The Labute approximate surface area is 147 Å². The molecule has 1 aromatic heterocycles. The van der Waals surface area contributed by atoms with Crippen molar-refractivity contribution in [1.29, 1.82) is 0 Å². The zero-order valence-corrected chi connectivity index (χ0v) is 13.9. The highest BCUT2D eigenvalue weighted by Gasteiger charge is 2.43. The molecule has 0 aliphatic carbocycles. The molecule has 2 heterocycles. The molecule has 1 aromatic carbocycles. The second-order valence-corrected chi connectivity index (χ2v) is 6.69. The number of hydrogen-bond acceptors (Lipinski definition) is 6. The SMILES string of the molecule is NCC(SC[C@@H](C(=O)O)N1C(=O)c2ccccc2C1=O)c1ccco1. The number of rotatable bonds is 7. The van der Waals surface area contributed by atoms with Crippen molar-refractivity contribution in [2.24, 2.45) is 5.73 Å². The van der Waals surface area contributed by atoms with Crippen LogP contribution in [0.1, 0.15) is 31.7 Å². The third kappa shape index (κ3) is 3.18. The van der Waals surface area contributed by atoms with Crippen molar-refractivity contribution in [3.05, 3.63) is 59.5 Å². The highest BCUT2D eigenvalue weighted by molar-refractivity contribution is 7.99. The molecule has 0 saturated carbocycles. The molecule has 1 unspecified atom stereocenters. The van der Waals surface area contributed by atoms with E-state index in [4.69, 9.17) is 10.2 Å². The normalized spacial score (nSPS) is 16.0. The summed E-state index contributed by atoms with van der Waals surface area (Å²) < 4.78 is 5.30. The predicted octanol–water partition coefficient (Wildman–Crippen LogP) is 1.76. The van der Waals surface area contributed by atoms with Crippen LogP contribution in [0.2, 0.25) is 0 Å². The Morgan fingerprint density at radius 3 is 2.28 bits per heavy atom. The van der Waals surface area contributed by atoms with E-state index in [1.165, 1.54) is 30.2 Å². The van der Waals surface area contributed by atoms with Crippen molar-refractivity contribution in [3.63, 3.8) is 0 Å². The lowest BCUT2D eigenvalue weighted by atomic mass is 10.1. The first-order valence-corrected chi connectivity index (χ1v) is 8.64. The Balaban J connectivity index is 1.80. The van der Waals surface area contributed by atoms with Gasteiger partial charge in [-0.2, -0.15) is 0 Å². The lowest BCUT2D eigenvalue weighted by Crippen LogP contribution is -2.46. The van der Waals surface area contributed by atoms with Gasteiger partial charge in [0.15, 0.2) is 0 Å². The molecule has 1 aliphatic rings. The van der Waals surface area contributed by atoms with Crippen LogP contribution < -0.4 is 5.73 Å². The highest BCUT2D eigenvalue weighted by atomic mass is 32.2. The summed E-state index contributed by atoms with van der Waals surface area (Å²) in [7, 11) is 0. The summed E-state index contributed by atoms with van der Waals surface area (Å²) in [6.45, 7) is 0.243. The fraction of sp³-hybridized carbons (Fsp3) is 0.235. The maximum Gasteiger partial charge on any atom is 0.327 e. The lowest BCUT2D eigenvalue weighted by molar-refractivity contribution is -0.140. The van der Waals surface area contributed by atoms with Gasteiger partial charge in [-0.05, 0) is 24.3 Å². The van der Waals surface area contributed by atoms with Crippen LogP contribution in [0.15, 0.2) is 47.1 Å². The number of thioether (sulfide) groups is 1. The first kappa shape index (κ1) is 17.2. The molecular formula is C17H16N2O5S. The van der Waals surface area contributed by atoms with Crippen molar-refractivity contribution in [2.45, 2.75) is 11.3 Å². The van der Waals surface area contributed by atoms with E-state index < -0.39 is 23.8 Å². The standard InChI is InChI=1S/C17H16N2O5S/c18-8-14(13-6-3-7-24-13)25-9-12(17(22)23)19-15(20)10-4-1-2-5-11(10)16(19)21/h1-7,12,14H,8-9,18H2,(H,22,23)/t12-,14?/m0/s1. The van der Waals surface area contributed by atoms with Gasteiger partial charge in [-0.1, -0.05) is 12.1 Å². The summed E-state index contributed by atoms with van der Waals surface area (Å²) in [6, 6.07) is 8.51. The molecule has 2 amide bonds. The quantitative estimate of drug-likeness (QED) is 0.723. The molecule has 3 rings (SSSR count). The molecule has 130 valence electrons. The van der Waals surface area contributed by atoms with Gasteiger partial charge in [0, 0.05) is 12.3 Å². The number of furan rings is 1. The third-order valence-corrected chi connectivity index (χ3v) is 5.29. The number of imide groups is 1. The Hall–Kier alpha value is -2.58. The molecule has 1 aliphatic heterocycles. The van der Waals surface area contributed by atoms with E-state index in [9.17, 15) is 19.5 Å². The minimum absolute atomic E-state index is 0.0172. The zero-order valence-electron chi connectivity index (χ0n) is 13.1. The first-order valence-electron chi connectivity index (χ1n) is 7.59. The second-order valence-electron chi connectivity index (χ2n) is 5.45. The van der Waals surface area contributed by atoms with Crippen molar-refractivity contribution in [3.8, 4) is 0 Å². The molecule has 7 nitrogen and oxygen atoms in total. The number of nitrogens with zero attached hydrogens (tertiary/aromatic N) is 1. The number of fused-ring (bicyclic) bond motifs is 1. The van der Waals surface area contributed by atoms with Crippen LogP contribution in [0.4, 0.5) is 0 Å². The molecule has 25 heavy (non-hydrogen) atoms. The van der Waals surface area contributed by atoms with Gasteiger partial charge in [-0.15, -0.1) is 11.8 Å². The van der Waals surface area contributed by atoms with E-state index in [1.54, 1.807) is 24.3 Å². The summed E-state index contributed by atoms with van der Waals surface area (Å²) in [6.07, 6.45) is 1.51. The van der Waals surface area contributed by atoms with E-state index in [2.05, 4.69) is 0 Å². The average Bonchev–Trinajstić information content (AvgIpc) is 3.21. The van der Waals surface area contributed by atoms with Gasteiger partial charge in [0.1, 0.15) is 11.8 Å². The van der Waals surface area contributed by atoms with E-state index in [0.29, 0.717) is 5.76 Å². The summed E-state index contributed by atoms with van der Waals surface area (Å²) in [4.78, 5) is 37.5. The van der Waals surface area contributed by atoms with Crippen LogP contribution in [0.3, 0.4) is 0 Å². The van der Waals surface area contributed by atoms with Crippen LogP contribution in [0, 0.1) is 0 Å². The van der Waals surface area contributed by atoms with E-state index in [-0.39, 0.29) is 28.7 Å². The highest BCUT2D eigenvalue weighted by Crippen LogP contribution is 2.31. The van der Waals surface area contributed by atoms with Crippen LogP contribution >= 0.6 is 11.8 Å². The summed E-state index contributed by atoms with van der Waals surface area (Å²) in [5.74, 6) is -1.77. The fourth-order valence-electron chi connectivity index (χ4n) is 2.70. The topological polar surface area (TPSA) is 114 Å². The van der Waals surface area contributed by atoms with Gasteiger partial charge in [0.25, 0.3) is 11.8 Å². The number of carbonyl (C=O) groups excluding carboxylic acids is 2. The maximum atomic E-state index is 12.5. The smallest absolute Gasteiger partial charge is 0.327 e. The zero-order chi connectivity index (χ0) is 18.0. The van der Waals surface area contributed by atoms with E-state index >= 15 is 0 Å². The Morgan fingerprint density at radius 1 is 1.16 bits per heavy atom. The minimum Gasteiger partial charge on any atom is -0.480 e. The van der Waals surface area contributed by atoms with Gasteiger partial charge < -0.3 is 15.3 Å². The molecule has 0 spiro atoms. The number of carbonyl (C=O) groups is 3. The first-order chi connectivity index (χ1) is 12.0. The summed E-state index contributed by atoms with van der Waals surface area (Å²) in [5.41, 5.74) is 6.18. The number of carboxylic acids is 1. The average molecular weight is 360 g/mol. The number of carboxylic acid groups (broad SMARTS) is 1. The van der Waals surface area contributed by atoms with Gasteiger partial charge in [-0.25, -0.2) is 4.79 Å². The largest absolute Gasteiger partial charge is 0.480 e. The fourth-order valence-corrected chi connectivity index (χ4v) is 3.84. The number of amides is 2. The molecule has 0 bridgehead atoms. The second kappa shape index (κ2) is 7.12. The van der Waals surface area contributed by atoms with Gasteiger partial charge >= 0.3 is 5.97 Å². The van der Waals surface area contributed by atoms with Crippen LogP contribution in [0.5, 0.6) is 0 Å². The van der Waals surface area contributed by atoms with Crippen LogP contribution in [0.25, 0.3) is 0 Å². The van der Waals surface area contributed by atoms with Crippen LogP contribution in [-0.4, -0.2) is 46.1 Å². The summed E-state index contributed by atoms with van der Waals surface area (Å²) in [5, 5.41) is 9.29. The number of nitrogens with two attached hydrogens (primary N) is 1. The van der Waals surface area contributed by atoms with Gasteiger partial charge in [0.05, 0.1) is 22.6 Å². The minimum atomic E-state index is -1.28. The molecule has 8 heteroatoms. The van der Waals surface area contributed by atoms with E-state index in [1.807, 2.05) is 0 Å². The molecule has 3 N–H and O–H groups in total. The molecule has 0 fully saturated rings.